The first-order valence-corrected chi connectivity index (χ1v) is 7.41. The molecular weight excluding hydrogens is 263 g/mol. The first-order valence-electron chi connectivity index (χ1n) is 6.28. The number of carbonyl (C=O) groups excluding carboxylic acids is 1. The standard InChI is InChI=1S/C14H19O4P/c1-14(2,12-7-4-3-5-8-12)10-6-9-13(15)11-18-19(16)17/h3-5,7-8H,6,9-11H2,1-2H3/p+1. The average molecular weight is 283 g/mol. The Bertz CT molecular complexity index is 428. The Balaban J connectivity index is 2.36. The Morgan fingerprint density at radius 1 is 1.32 bits per heavy atom. The molecule has 0 heterocycles. The lowest BCUT2D eigenvalue weighted by Gasteiger charge is -2.25. The molecule has 0 saturated carbocycles. The quantitative estimate of drug-likeness (QED) is 0.743. The first-order chi connectivity index (χ1) is 8.92. The van der Waals surface area contributed by atoms with E-state index in [4.69, 9.17) is 4.89 Å². The molecule has 1 unspecified atom stereocenters. The topological polar surface area (TPSA) is 63.6 Å². The van der Waals surface area contributed by atoms with Crippen molar-refractivity contribution < 1.29 is 18.8 Å². The van der Waals surface area contributed by atoms with Crippen molar-refractivity contribution in [2.45, 2.75) is 38.5 Å². The van der Waals surface area contributed by atoms with Crippen molar-refractivity contribution in [3.8, 4) is 0 Å². The highest BCUT2D eigenvalue weighted by Gasteiger charge is 2.21. The molecule has 19 heavy (non-hydrogen) atoms. The van der Waals surface area contributed by atoms with Gasteiger partial charge in [0.2, 0.25) is 0 Å². The molecule has 1 atom stereocenters. The molecule has 1 aromatic carbocycles. The van der Waals surface area contributed by atoms with E-state index in [0.717, 1.165) is 12.8 Å². The summed E-state index contributed by atoms with van der Waals surface area (Å²) in [6.07, 6.45) is 2.00. The summed E-state index contributed by atoms with van der Waals surface area (Å²) < 4.78 is 14.7. The second-order valence-corrected chi connectivity index (χ2v) is 5.89. The summed E-state index contributed by atoms with van der Waals surface area (Å²) in [6.45, 7) is 4.01. The zero-order valence-corrected chi connectivity index (χ0v) is 12.2. The van der Waals surface area contributed by atoms with Crippen LogP contribution < -0.4 is 0 Å². The number of ketones is 1. The molecule has 0 aliphatic heterocycles. The van der Waals surface area contributed by atoms with Crippen molar-refractivity contribution in [3.05, 3.63) is 35.9 Å². The van der Waals surface area contributed by atoms with E-state index in [2.05, 4.69) is 30.5 Å². The van der Waals surface area contributed by atoms with Crippen LogP contribution >= 0.6 is 8.25 Å². The molecule has 0 bridgehead atoms. The van der Waals surface area contributed by atoms with Crippen LogP contribution in [0, 0.1) is 0 Å². The highest BCUT2D eigenvalue weighted by molar-refractivity contribution is 7.32. The third-order valence-electron chi connectivity index (χ3n) is 3.15. The van der Waals surface area contributed by atoms with Crippen molar-refractivity contribution in [2.24, 2.45) is 0 Å². The lowest BCUT2D eigenvalue weighted by atomic mass is 9.80. The zero-order chi connectivity index (χ0) is 14.3. The van der Waals surface area contributed by atoms with E-state index in [1.54, 1.807) is 0 Å². The molecule has 4 nitrogen and oxygen atoms in total. The van der Waals surface area contributed by atoms with Crippen LogP contribution in [0.1, 0.15) is 38.7 Å². The van der Waals surface area contributed by atoms with Gasteiger partial charge in [-0.3, -0.25) is 4.79 Å². The Morgan fingerprint density at radius 2 is 1.95 bits per heavy atom. The maximum atomic E-state index is 11.4. The summed E-state index contributed by atoms with van der Waals surface area (Å²) in [6, 6.07) is 10.2. The summed E-state index contributed by atoms with van der Waals surface area (Å²) in [7, 11) is -2.68. The Kier molecular flexibility index (Phi) is 6.29. The summed E-state index contributed by atoms with van der Waals surface area (Å²) in [5.41, 5.74) is 1.27. The fourth-order valence-corrected chi connectivity index (χ4v) is 2.21. The molecule has 5 heteroatoms. The third kappa shape index (κ3) is 6.06. The fourth-order valence-electron chi connectivity index (χ4n) is 1.96. The molecule has 0 aliphatic carbocycles. The van der Waals surface area contributed by atoms with Crippen LogP contribution in [0.15, 0.2) is 30.3 Å². The first kappa shape index (κ1) is 16.0. The van der Waals surface area contributed by atoms with Gasteiger partial charge in [0, 0.05) is 11.0 Å². The minimum Gasteiger partial charge on any atom is -0.297 e. The SMILES string of the molecule is CC(C)(CCCC(=O)CO[P+](=O)O)c1ccccc1. The number of Topliss-reactive ketones (excluding diaryl/α,β-unsaturated/α-hetero) is 1. The minimum atomic E-state index is -2.68. The predicted molar refractivity (Wildman–Crippen MR) is 74.1 cm³/mol. The molecule has 0 aliphatic rings. The van der Waals surface area contributed by atoms with Gasteiger partial charge in [0.05, 0.1) is 0 Å². The van der Waals surface area contributed by atoms with E-state index < -0.39 is 8.25 Å². The van der Waals surface area contributed by atoms with Gasteiger partial charge >= 0.3 is 8.25 Å². The van der Waals surface area contributed by atoms with Gasteiger partial charge in [-0.15, -0.1) is 9.42 Å². The molecule has 1 aromatic rings. The molecular formula is C14H20O4P+. The van der Waals surface area contributed by atoms with Crippen molar-refractivity contribution in [1.82, 2.24) is 0 Å². The van der Waals surface area contributed by atoms with Gasteiger partial charge in [0.25, 0.3) is 0 Å². The van der Waals surface area contributed by atoms with Crippen LogP contribution in [0.5, 0.6) is 0 Å². The molecule has 1 N–H and O–H groups in total. The maximum absolute atomic E-state index is 11.4. The van der Waals surface area contributed by atoms with Gasteiger partial charge in [0.1, 0.15) is 0 Å². The zero-order valence-electron chi connectivity index (χ0n) is 11.3. The maximum Gasteiger partial charge on any atom is 0.695 e. The number of hydrogen-bond acceptors (Lipinski definition) is 3. The van der Waals surface area contributed by atoms with Gasteiger partial charge in [-0.05, 0) is 23.8 Å². The molecule has 104 valence electrons. The summed E-state index contributed by atoms with van der Waals surface area (Å²) >= 11 is 0. The lowest BCUT2D eigenvalue weighted by molar-refractivity contribution is -0.121. The molecule has 1 rings (SSSR count). The van der Waals surface area contributed by atoms with Crippen LogP contribution in [0.4, 0.5) is 0 Å². The normalized spacial score (nSPS) is 12.3. The lowest BCUT2D eigenvalue weighted by Crippen LogP contribution is -2.17. The molecule has 0 spiro atoms. The van der Waals surface area contributed by atoms with Crippen molar-refractivity contribution in [3.63, 3.8) is 0 Å². The van der Waals surface area contributed by atoms with Crippen LogP contribution in [0.2, 0.25) is 0 Å². The number of hydrogen-bond donors (Lipinski definition) is 1. The second kappa shape index (κ2) is 7.49. The molecule has 0 fully saturated rings. The Labute approximate surface area is 114 Å². The highest BCUT2D eigenvalue weighted by atomic mass is 31.1. The minimum absolute atomic E-state index is 0.0184. The average Bonchev–Trinajstić information content (AvgIpc) is 2.37. The van der Waals surface area contributed by atoms with Crippen LogP contribution in [0.3, 0.4) is 0 Å². The largest absolute Gasteiger partial charge is 0.695 e. The predicted octanol–water partition coefficient (Wildman–Crippen LogP) is 3.37. The highest BCUT2D eigenvalue weighted by Crippen LogP contribution is 2.28. The van der Waals surface area contributed by atoms with E-state index in [1.807, 2.05) is 18.2 Å². The molecule has 0 amide bonds. The van der Waals surface area contributed by atoms with Crippen LogP contribution in [-0.2, 0) is 19.3 Å². The summed E-state index contributed by atoms with van der Waals surface area (Å²) in [5.74, 6) is -0.138. The van der Waals surface area contributed by atoms with Crippen LogP contribution in [-0.4, -0.2) is 17.3 Å². The van der Waals surface area contributed by atoms with Gasteiger partial charge in [-0.25, -0.2) is 0 Å². The summed E-state index contributed by atoms with van der Waals surface area (Å²) in [5, 5.41) is 0. The monoisotopic (exact) mass is 283 g/mol. The van der Waals surface area contributed by atoms with E-state index >= 15 is 0 Å². The van der Waals surface area contributed by atoms with Gasteiger partial charge in [-0.1, -0.05) is 44.2 Å². The van der Waals surface area contributed by atoms with E-state index in [0.29, 0.717) is 6.42 Å². The Morgan fingerprint density at radius 3 is 2.53 bits per heavy atom. The van der Waals surface area contributed by atoms with Crippen molar-refractivity contribution in [2.75, 3.05) is 6.61 Å². The fraction of sp³-hybridized carbons (Fsp3) is 0.500. The van der Waals surface area contributed by atoms with Crippen molar-refractivity contribution >= 4 is 14.0 Å². The second-order valence-electron chi connectivity index (χ2n) is 5.15. The molecule has 0 aromatic heterocycles. The molecule has 0 saturated heterocycles. The smallest absolute Gasteiger partial charge is 0.297 e. The number of rotatable bonds is 8. The van der Waals surface area contributed by atoms with Gasteiger partial charge in [-0.2, -0.15) is 0 Å². The summed E-state index contributed by atoms with van der Waals surface area (Å²) in [4.78, 5) is 19.8. The van der Waals surface area contributed by atoms with Gasteiger partial charge < -0.3 is 0 Å². The van der Waals surface area contributed by atoms with E-state index in [1.165, 1.54) is 5.56 Å². The van der Waals surface area contributed by atoms with Gasteiger partial charge in [0.15, 0.2) is 12.4 Å². The third-order valence-corrected chi connectivity index (χ3v) is 3.50. The van der Waals surface area contributed by atoms with Crippen molar-refractivity contribution in [1.29, 1.82) is 0 Å². The number of benzene rings is 1. The Hall–Kier alpha value is -1.09. The van der Waals surface area contributed by atoms with Crippen LogP contribution in [0.25, 0.3) is 0 Å². The number of carbonyl (C=O) groups is 1. The van der Waals surface area contributed by atoms with E-state index in [-0.39, 0.29) is 17.8 Å². The molecule has 0 radical (unpaired) electrons. The van der Waals surface area contributed by atoms with E-state index in [9.17, 15) is 9.36 Å².